The van der Waals surface area contributed by atoms with Gasteiger partial charge in [0, 0.05) is 44.9 Å². The zero-order chi connectivity index (χ0) is 24.6. The van der Waals surface area contributed by atoms with Crippen LogP contribution in [-0.2, 0) is 21.2 Å². The van der Waals surface area contributed by atoms with E-state index in [4.69, 9.17) is 0 Å². The predicted octanol–water partition coefficient (Wildman–Crippen LogP) is 3.25. The van der Waals surface area contributed by atoms with Gasteiger partial charge in [0.05, 0.1) is 10.3 Å². The van der Waals surface area contributed by atoms with E-state index in [-0.39, 0.29) is 11.3 Å². The van der Waals surface area contributed by atoms with Gasteiger partial charge in [-0.25, -0.2) is 8.42 Å². The molecule has 0 radical (unpaired) electrons. The van der Waals surface area contributed by atoms with Crippen molar-refractivity contribution in [2.75, 3.05) is 52.6 Å². The predicted molar refractivity (Wildman–Crippen MR) is 138 cm³/mol. The molecule has 0 aliphatic carbocycles. The fraction of sp³-hybridized carbons (Fsp3) is 0.536. The molecule has 3 fully saturated rings. The third kappa shape index (κ3) is 5.18. The lowest BCUT2D eigenvalue weighted by Crippen LogP contribution is -2.46. The zero-order valence-electron chi connectivity index (χ0n) is 20.9. The average Bonchev–Trinajstić information content (AvgIpc) is 3.36. The highest BCUT2D eigenvalue weighted by Crippen LogP contribution is 2.43. The maximum atomic E-state index is 13.4. The fourth-order valence-electron chi connectivity index (χ4n) is 6.42. The lowest BCUT2D eigenvalue weighted by molar-refractivity contribution is -0.139. The molecule has 2 unspecified atom stereocenters. The summed E-state index contributed by atoms with van der Waals surface area (Å²) in [6.07, 6.45) is 4.02. The first-order valence-corrected chi connectivity index (χ1v) is 14.7. The molecule has 5 rings (SSSR count). The second-order valence-corrected chi connectivity index (χ2v) is 13.0. The van der Waals surface area contributed by atoms with Gasteiger partial charge >= 0.3 is 0 Å². The van der Waals surface area contributed by atoms with Crippen LogP contribution in [0.25, 0.3) is 0 Å². The van der Waals surface area contributed by atoms with Gasteiger partial charge in [0.25, 0.3) is 0 Å². The molecule has 2 aromatic rings. The summed E-state index contributed by atoms with van der Waals surface area (Å²) in [4.78, 5) is 20.8. The van der Waals surface area contributed by atoms with Crippen molar-refractivity contribution >= 4 is 15.7 Å². The van der Waals surface area contributed by atoms with E-state index in [2.05, 4.69) is 47.2 Å². The highest BCUT2D eigenvalue weighted by Gasteiger charge is 2.48. The summed E-state index contributed by atoms with van der Waals surface area (Å²) < 4.78 is 23.4. The van der Waals surface area contributed by atoms with E-state index in [0.717, 1.165) is 64.1 Å². The maximum absolute atomic E-state index is 13.4. The second kappa shape index (κ2) is 9.68. The van der Waals surface area contributed by atoms with Crippen molar-refractivity contribution in [1.29, 1.82) is 0 Å². The van der Waals surface area contributed by atoms with Crippen LogP contribution < -0.4 is 0 Å². The van der Waals surface area contributed by atoms with Gasteiger partial charge in [0.2, 0.25) is 5.91 Å². The summed E-state index contributed by atoms with van der Waals surface area (Å²) in [5.41, 5.74) is 2.22. The quantitative estimate of drug-likeness (QED) is 0.616. The molecule has 0 aromatic heterocycles. The molecule has 3 aliphatic rings. The summed E-state index contributed by atoms with van der Waals surface area (Å²) in [5, 5.41) is 0. The Morgan fingerprint density at radius 3 is 2.23 bits per heavy atom. The molecule has 0 N–H and O–H groups in total. The first-order valence-electron chi connectivity index (χ1n) is 12.8. The molecule has 3 saturated heterocycles. The molecule has 3 aliphatic heterocycles. The first kappa shape index (κ1) is 24.5. The maximum Gasteiger partial charge on any atom is 0.229 e. The van der Waals surface area contributed by atoms with Gasteiger partial charge in [-0.15, -0.1) is 0 Å². The topological polar surface area (TPSA) is 60.9 Å². The lowest BCUT2D eigenvalue weighted by atomic mass is 9.76. The van der Waals surface area contributed by atoms with E-state index in [9.17, 15) is 13.2 Å². The third-order valence-electron chi connectivity index (χ3n) is 8.48. The third-order valence-corrected chi connectivity index (χ3v) is 9.61. The van der Waals surface area contributed by atoms with Gasteiger partial charge < -0.3 is 14.7 Å². The molecular weight excluding hydrogens is 458 g/mol. The second-order valence-electron chi connectivity index (χ2n) is 11.0. The van der Waals surface area contributed by atoms with E-state index in [1.807, 2.05) is 17.0 Å². The molecule has 35 heavy (non-hydrogen) atoms. The first-order chi connectivity index (χ1) is 16.7. The largest absolute Gasteiger partial charge is 0.338 e. The monoisotopic (exact) mass is 495 g/mol. The number of amides is 1. The van der Waals surface area contributed by atoms with Crippen molar-refractivity contribution in [2.45, 2.75) is 36.6 Å². The molecular formula is C28H37N3O3S. The van der Waals surface area contributed by atoms with Crippen LogP contribution in [0.15, 0.2) is 59.5 Å². The Morgan fingerprint density at radius 1 is 0.914 bits per heavy atom. The smallest absolute Gasteiger partial charge is 0.229 e. The average molecular weight is 496 g/mol. The minimum absolute atomic E-state index is 0.214. The Kier molecular flexibility index (Phi) is 6.77. The van der Waals surface area contributed by atoms with E-state index in [0.29, 0.717) is 23.3 Å². The summed E-state index contributed by atoms with van der Waals surface area (Å²) >= 11 is 0. The van der Waals surface area contributed by atoms with Crippen LogP contribution >= 0.6 is 0 Å². The number of sulfone groups is 1. The van der Waals surface area contributed by atoms with Gasteiger partial charge in [0.15, 0.2) is 9.84 Å². The van der Waals surface area contributed by atoms with Crippen molar-refractivity contribution in [1.82, 2.24) is 14.7 Å². The number of rotatable bonds is 6. The number of hydrogen-bond donors (Lipinski definition) is 0. The van der Waals surface area contributed by atoms with Crippen LogP contribution in [0.2, 0.25) is 0 Å². The Hall–Kier alpha value is -2.22. The lowest BCUT2D eigenvalue weighted by Gasteiger charge is -2.39. The molecule has 0 saturated carbocycles. The summed E-state index contributed by atoms with van der Waals surface area (Å²) in [5.74, 6) is 1.49. The van der Waals surface area contributed by atoms with E-state index in [1.165, 1.54) is 11.8 Å². The minimum Gasteiger partial charge on any atom is -0.338 e. The van der Waals surface area contributed by atoms with Gasteiger partial charge in [-0.05, 0) is 68.6 Å². The summed E-state index contributed by atoms with van der Waals surface area (Å²) in [6, 6.07) is 17.9. The SMILES string of the molecule is CN1CC(CN2CCC3(CC2)CCN(Cc2ccc(S(C)(=O)=O)cc2)C3=O)C(c2ccccc2)C1. The Bertz CT molecular complexity index is 1140. The van der Waals surface area contributed by atoms with Crippen LogP contribution in [-0.4, -0.2) is 81.6 Å². The van der Waals surface area contributed by atoms with Crippen molar-refractivity contribution in [3.63, 3.8) is 0 Å². The number of piperidine rings is 1. The van der Waals surface area contributed by atoms with Gasteiger partial charge in [-0.1, -0.05) is 42.5 Å². The van der Waals surface area contributed by atoms with Crippen LogP contribution in [0.1, 0.15) is 36.3 Å². The summed E-state index contributed by atoms with van der Waals surface area (Å²) in [7, 11) is -0.980. The van der Waals surface area contributed by atoms with Crippen LogP contribution in [0.4, 0.5) is 0 Å². The number of carbonyl (C=O) groups is 1. The Morgan fingerprint density at radius 2 is 1.57 bits per heavy atom. The van der Waals surface area contributed by atoms with Crippen LogP contribution in [0.3, 0.4) is 0 Å². The van der Waals surface area contributed by atoms with E-state index < -0.39 is 9.84 Å². The molecule has 188 valence electrons. The number of hydrogen-bond acceptors (Lipinski definition) is 5. The van der Waals surface area contributed by atoms with Gasteiger partial charge in [-0.2, -0.15) is 0 Å². The number of benzene rings is 2. The van der Waals surface area contributed by atoms with Gasteiger partial charge in [-0.3, -0.25) is 4.79 Å². The molecule has 0 bridgehead atoms. The highest BCUT2D eigenvalue weighted by atomic mass is 32.2. The molecule has 3 heterocycles. The van der Waals surface area contributed by atoms with Crippen LogP contribution in [0, 0.1) is 11.3 Å². The Balaban J connectivity index is 1.17. The fourth-order valence-corrected chi connectivity index (χ4v) is 7.05. The van der Waals surface area contributed by atoms with Crippen molar-refractivity contribution in [2.24, 2.45) is 11.3 Å². The number of likely N-dealkylation sites (N-methyl/N-ethyl adjacent to an activating group) is 1. The van der Waals surface area contributed by atoms with Gasteiger partial charge in [0.1, 0.15) is 0 Å². The van der Waals surface area contributed by atoms with E-state index in [1.54, 1.807) is 12.1 Å². The standard InChI is InChI=1S/C28H37N3O3S/c1-29-19-24(26(21-29)23-6-4-3-5-7-23)20-30-15-12-28(13-16-30)14-17-31(27(28)32)18-22-8-10-25(11-9-22)35(2,33)34/h3-11,24,26H,12-21H2,1-2H3. The van der Waals surface area contributed by atoms with Crippen molar-refractivity contribution in [3.8, 4) is 0 Å². The summed E-state index contributed by atoms with van der Waals surface area (Å²) in [6.45, 7) is 6.67. The van der Waals surface area contributed by atoms with Crippen molar-refractivity contribution in [3.05, 3.63) is 65.7 Å². The van der Waals surface area contributed by atoms with Crippen LogP contribution in [0.5, 0.6) is 0 Å². The molecule has 7 heteroatoms. The molecule has 1 amide bonds. The molecule has 1 spiro atoms. The Labute approximate surface area is 209 Å². The number of nitrogens with zero attached hydrogens (tertiary/aromatic N) is 3. The number of carbonyl (C=O) groups excluding carboxylic acids is 1. The molecule has 2 aromatic carbocycles. The minimum atomic E-state index is -3.20. The van der Waals surface area contributed by atoms with E-state index >= 15 is 0 Å². The normalized spacial score (nSPS) is 25.5. The molecule has 6 nitrogen and oxygen atoms in total. The number of likely N-dealkylation sites (tertiary alicyclic amines) is 3. The van der Waals surface area contributed by atoms with Crippen molar-refractivity contribution < 1.29 is 13.2 Å². The zero-order valence-corrected chi connectivity index (χ0v) is 21.7. The highest BCUT2D eigenvalue weighted by molar-refractivity contribution is 7.90. The molecule has 2 atom stereocenters.